The van der Waals surface area contributed by atoms with E-state index in [1.807, 2.05) is 60.7 Å². The molecule has 0 bridgehead atoms. The van der Waals surface area contributed by atoms with Gasteiger partial charge in [0.05, 0.1) is 21.6 Å². The molecule has 0 saturated carbocycles. The third kappa shape index (κ3) is 6.42. The fourth-order valence-electron chi connectivity index (χ4n) is 4.22. The van der Waals surface area contributed by atoms with E-state index >= 15 is 0 Å². The minimum absolute atomic E-state index is 0.294. The summed E-state index contributed by atoms with van der Waals surface area (Å²) >= 11 is 5.63. The fourth-order valence-corrected chi connectivity index (χ4v) is 4.45. The van der Waals surface area contributed by atoms with Crippen molar-refractivity contribution in [3.8, 4) is 17.2 Å². The van der Waals surface area contributed by atoms with Gasteiger partial charge in [0, 0.05) is 29.2 Å². The highest BCUT2D eigenvalue weighted by Gasteiger charge is 2.33. The number of nitrogens with two attached hydrogens (primary N) is 1. The van der Waals surface area contributed by atoms with Crippen molar-refractivity contribution in [3.63, 3.8) is 0 Å². The molecule has 206 valence electrons. The highest BCUT2D eigenvalue weighted by Crippen LogP contribution is 2.36. The molecule has 2 heterocycles. The van der Waals surface area contributed by atoms with E-state index in [1.54, 1.807) is 47.3 Å². The van der Waals surface area contributed by atoms with Crippen LogP contribution in [0, 0.1) is 0 Å². The number of hydrogen-bond acceptors (Lipinski definition) is 3. The Morgan fingerprint density at radius 2 is 1.63 bits per heavy atom. The molecule has 0 saturated heterocycles. The molecule has 2 amide bonds. The Labute approximate surface area is 237 Å². The van der Waals surface area contributed by atoms with E-state index in [9.17, 15) is 18.0 Å². The molecule has 6 rings (SSSR count). The van der Waals surface area contributed by atoms with Crippen molar-refractivity contribution in [2.24, 2.45) is 5.73 Å². The van der Waals surface area contributed by atoms with E-state index in [2.05, 4.69) is 10.3 Å². The van der Waals surface area contributed by atoms with E-state index < -0.39 is 17.8 Å². The van der Waals surface area contributed by atoms with Crippen LogP contribution in [-0.2, 0) is 6.18 Å². The lowest BCUT2D eigenvalue weighted by Gasteiger charge is -2.12. The molecule has 0 aliphatic heterocycles. The van der Waals surface area contributed by atoms with Gasteiger partial charge in [-0.25, -0.2) is 4.79 Å². The van der Waals surface area contributed by atoms with E-state index in [0.29, 0.717) is 17.1 Å². The monoisotopic (exact) mass is 574 g/mol. The number of amides is 2. The maximum atomic E-state index is 12.9. The molecule has 3 N–H and O–H groups in total. The lowest BCUT2D eigenvalue weighted by atomic mass is 10.2. The van der Waals surface area contributed by atoms with Crippen LogP contribution in [-0.4, -0.2) is 15.6 Å². The minimum Gasteiger partial charge on any atom is -0.457 e. The van der Waals surface area contributed by atoms with E-state index in [4.69, 9.17) is 22.1 Å². The topological polar surface area (TPSA) is 82.2 Å². The highest BCUT2D eigenvalue weighted by atomic mass is 35.5. The summed E-state index contributed by atoms with van der Waals surface area (Å²) in [4.78, 5) is 15.1. The molecular weight excluding hydrogens is 553 g/mol. The summed E-state index contributed by atoms with van der Waals surface area (Å²) in [6.45, 7) is 0. The number of primary amides is 1. The molecule has 0 aliphatic carbocycles. The average molecular weight is 575 g/mol. The molecule has 2 aromatic heterocycles. The summed E-state index contributed by atoms with van der Waals surface area (Å²) in [5.74, 6) is 1.40. The number of benzene rings is 4. The number of para-hydroxylation sites is 2. The lowest BCUT2D eigenvalue weighted by Crippen LogP contribution is -2.19. The van der Waals surface area contributed by atoms with Crippen LogP contribution < -0.4 is 15.8 Å². The van der Waals surface area contributed by atoms with Gasteiger partial charge in [-0.1, -0.05) is 41.9 Å². The molecule has 0 fully saturated rings. The van der Waals surface area contributed by atoms with E-state index in [1.165, 1.54) is 6.07 Å². The number of aromatic nitrogens is 2. The Bertz CT molecular complexity index is 1830. The molecule has 0 spiro atoms. The number of halogens is 4. The molecule has 41 heavy (non-hydrogen) atoms. The van der Waals surface area contributed by atoms with E-state index in [0.717, 1.165) is 33.6 Å². The number of hydrogen-bond donors (Lipinski definition) is 2. The molecule has 0 radical (unpaired) electrons. The van der Waals surface area contributed by atoms with Gasteiger partial charge < -0.3 is 20.4 Å². The molecular formula is C31H22ClF3N4O2. The van der Waals surface area contributed by atoms with Crippen molar-refractivity contribution in [1.29, 1.82) is 0 Å². The molecule has 6 nitrogen and oxygen atoms in total. The van der Waals surface area contributed by atoms with Crippen LogP contribution in [0.4, 0.5) is 23.7 Å². The smallest absolute Gasteiger partial charge is 0.417 e. The van der Waals surface area contributed by atoms with Gasteiger partial charge >= 0.3 is 12.2 Å². The number of nitrogens with one attached hydrogen (secondary N) is 1. The standard InChI is InChI=1S/C16H13N3O2.C15H9ClF3N/c17-16(20)19-11-5-7-12(8-6-11)21-15-9-10-18-14-4-2-1-3-13(14)15;16-13-6-5-11(9-12(13)15(17,18)19)20-8-7-10-3-1-2-4-14(10)20/h1-10H,(H3,17,19,20);1-9H. The number of pyridine rings is 1. The van der Waals surface area contributed by atoms with Crippen molar-refractivity contribution < 1.29 is 22.7 Å². The van der Waals surface area contributed by atoms with Crippen molar-refractivity contribution in [2.45, 2.75) is 6.18 Å². The van der Waals surface area contributed by atoms with Crippen molar-refractivity contribution in [1.82, 2.24) is 9.55 Å². The molecule has 0 unspecified atom stereocenters. The quantitative estimate of drug-likeness (QED) is 0.221. The van der Waals surface area contributed by atoms with Crippen LogP contribution in [0.15, 0.2) is 116 Å². The van der Waals surface area contributed by atoms with Crippen LogP contribution in [0.25, 0.3) is 27.5 Å². The van der Waals surface area contributed by atoms with Crippen LogP contribution in [0.1, 0.15) is 5.56 Å². The summed E-state index contributed by atoms with van der Waals surface area (Å²) in [5, 5.41) is 4.12. The Morgan fingerprint density at radius 1 is 0.902 bits per heavy atom. The predicted molar refractivity (Wildman–Crippen MR) is 155 cm³/mol. The normalized spacial score (nSPS) is 11.1. The van der Waals surface area contributed by atoms with Gasteiger partial charge in [-0.15, -0.1) is 0 Å². The first-order valence-corrected chi connectivity index (χ1v) is 12.7. The zero-order valence-corrected chi connectivity index (χ0v) is 22.0. The summed E-state index contributed by atoms with van der Waals surface area (Å²) in [6.07, 6.45) is -1.01. The van der Waals surface area contributed by atoms with Gasteiger partial charge in [0.2, 0.25) is 0 Å². The number of anilines is 1. The van der Waals surface area contributed by atoms with Crippen molar-refractivity contribution >= 4 is 45.1 Å². The second-order valence-corrected chi connectivity index (χ2v) is 9.26. The van der Waals surface area contributed by atoms with Crippen LogP contribution >= 0.6 is 11.6 Å². The Hall–Kier alpha value is -5.02. The second kappa shape index (κ2) is 11.6. The third-order valence-electron chi connectivity index (χ3n) is 6.09. The average Bonchev–Trinajstić information content (AvgIpc) is 3.38. The number of urea groups is 1. The first-order valence-electron chi connectivity index (χ1n) is 12.3. The predicted octanol–water partition coefficient (Wildman–Crippen LogP) is 8.82. The Kier molecular flexibility index (Phi) is 7.80. The third-order valence-corrected chi connectivity index (χ3v) is 6.42. The Morgan fingerprint density at radius 3 is 2.39 bits per heavy atom. The molecule has 0 aliphatic rings. The van der Waals surface area contributed by atoms with Gasteiger partial charge in [-0.05, 0) is 78.2 Å². The zero-order valence-electron chi connectivity index (χ0n) is 21.3. The van der Waals surface area contributed by atoms with Crippen LogP contribution in [0.3, 0.4) is 0 Å². The number of ether oxygens (including phenoxy) is 1. The molecule has 4 aromatic carbocycles. The fraction of sp³-hybridized carbons (Fsp3) is 0.0323. The number of rotatable bonds is 4. The number of fused-ring (bicyclic) bond motifs is 2. The van der Waals surface area contributed by atoms with Gasteiger partial charge in [-0.3, -0.25) is 4.98 Å². The largest absolute Gasteiger partial charge is 0.457 e. The van der Waals surface area contributed by atoms with Crippen LogP contribution in [0.5, 0.6) is 11.5 Å². The maximum absolute atomic E-state index is 12.9. The number of carbonyl (C=O) groups excluding carboxylic acids is 1. The summed E-state index contributed by atoms with van der Waals surface area (Å²) in [7, 11) is 0. The van der Waals surface area contributed by atoms with E-state index in [-0.39, 0.29) is 5.02 Å². The highest BCUT2D eigenvalue weighted by molar-refractivity contribution is 6.31. The van der Waals surface area contributed by atoms with Gasteiger partial charge in [0.1, 0.15) is 11.5 Å². The molecule has 6 aromatic rings. The number of nitrogens with zero attached hydrogens (tertiary/aromatic N) is 2. The van der Waals surface area contributed by atoms with Gasteiger partial charge in [0.25, 0.3) is 0 Å². The van der Waals surface area contributed by atoms with Gasteiger partial charge in [0.15, 0.2) is 0 Å². The van der Waals surface area contributed by atoms with Crippen molar-refractivity contribution in [3.05, 3.63) is 126 Å². The van der Waals surface area contributed by atoms with Gasteiger partial charge in [-0.2, -0.15) is 13.2 Å². The lowest BCUT2D eigenvalue weighted by molar-refractivity contribution is -0.137. The summed E-state index contributed by atoms with van der Waals surface area (Å²) in [6, 6.07) is 29.2. The molecule has 0 atom stereocenters. The first-order chi connectivity index (χ1) is 19.7. The number of alkyl halides is 3. The minimum atomic E-state index is -4.46. The maximum Gasteiger partial charge on any atom is 0.417 e. The first kappa shape index (κ1) is 27.5. The summed E-state index contributed by atoms with van der Waals surface area (Å²) < 4.78 is 46.2. The number of carbonyl (C=O) groups is 1. The van der Waals surface area contributed by atoms with Crippen molar-refractivity contribution in [2.75, 3.05) is 5.32 Å². The SMILES string of the molecule is FC(F)(F)c1cc(-n2ccc3ccccc32)ccc1Cl.NC(=O)Nc1ccc(Oc2ccnc3ccccc23)cc1. The second-order valence-electron chi connectivity index (χ2n) is 8.85. The summed E-state index contributed by atoms with van der Waals surface area (Å²) in [5.41, 5.74) is 7.02. The van der Waals surface area contributed by atoms with Crippen LogP contribution in [0.2, 0.25) is 5.02 Å². The Balaban J connectivity index is 0.000000165. The molecule has 10 heteroatoms. The zero-order chi connectivity index (χ0) is 29.0.